The summed E-state index contributed by atoms with van der Waals surface area (Å²) in [4.78, 5) is 5.02. The van der Waals surface area contributed by atoms with Gasteiger partial charge in [0.2, 0.25) is 0 Å². The van der Waals surface area contributed by atoms with Gasteiger partial charge in [-0.1, -0.05) is 17.7 Å². The van der Waals surface area contributed by atoms with Crippen molar-refractivity contribution in [3.05, 3.63) is 29.3 Å². The Hall–Kier alpha value is -0.770. The van der Waals surface area contributed by atoms with Crippen molar-refractivity contribution in [3.8, 4) is 0 Å². The molecule has 3 rings (SSSR count). The third-order valence-electron chi connectivity index (χ3n) is 4.19. The Balaban J connectivity index is 1.51. The Morgan fingerprint density at radius 1 is 1.21 bits per heavy atom. The second-order valence-electron chi connectivity index (χ2n) is 5.56. The molecule has 104 valence electrons. The van der Waals surface area contributed by atoms with E-state index in [1.54, 1.807) is 0 Å². The maximum atomic E-state index is 6.06. The summed E-state index contributed by atoms with van der Waals surface area (Å²) in [5.74, 6) is 0. The Kier molecular flexibility index (Phi) is 4.26. The summed E-state index contributed by atoms with van der Waals surface area (Å²) in [5.41, 5.74) is 1.26. The SMILES string of the molecule is Clc1cccc(N2CCN(C[C@H]3CCCN3)CC2)c1. The van der Waals surface area contributed by atoms with Crippen molar-refractivity contribution in [2.75, 3.05) is 44.2 Å². The highest BCUT2D eigenvalue weighted by Crippen LogP contribution is 2.21. The van der Waals surface area contributed by atoms with Gasteiger partial charge in [0.25, 0.3) is 0 Å². The quantitative estimate of drug-likeness (QED) is 0.915. The summed E-state index contributed by atoms with van der Waals surface area (Å²) in [6, 6.07) is 8.91. The second-order valence-corrected chi connectivity index (χ2v) is 6.00. The average molecular weight is 280 g/mol. The van der Waals surface area contributed by atoms with Crippen LogP contribution in [-0.4, -0.2) is 50.2 Å². The third-order valence-corrected chi connectivity index (χ3v) is 4.42. The summed E-state index contributed by atoms with van der Waals surface area (Å²) in [5, 5.41) is 4.41. The summed E-state index contributed by atoms with van der Waals surface area (Å²) >= 11 is 6.06. The molecule has 0 aromatic heterocycles. The number of nitrogens with zero attached hydrogens (tertiary/aromatic N) is 2. The van der Waals surface area contributed by atoms with E-state index in [4.69, 9.17) is 11.6 Å². The normalized spacial score (nSPS) is 24.9. The fourth-order valence-corrected chi connectivity index (χ4v) is 3.27. The van der Waals surface area contributed by atoms with Gasteiger partial charge in [-0.3, -0.25) is 4.90 Å². The molecule has 3 nitrogen and oxygen atoms in total. The minimum atomic E-state index is 0.720. The maximum absolute atomic E-state index is 6.06. The van der Waals surface area contributed by atoms with Gasteiger partial charge < -0.3 is 10.2 Å². The molecule has 2 heterocycles. The van der Waals surface area contributed by atoms with E-state index in [9.17, 15) is 0 Å². The lowest BCUT2D eigenvalue weighted by Gasteiger charge is -2.37. The van der Waals surface area contributed by atoms with Crippen molar-refractivity contribution < 1.29 is 0 Å². The molecule has 2 saturated heterocycles. The molecule has 0 spiro atoms. The Morgan fingerprint density at radius 2 is 2.05 bits per heavy atom. The number of halogens is 1. The molecule has 4 heteroatoms. The van der Waals surface area contributed by atoms with Crippen molar-refractivity contribution in [1.29, 1.82) is 0 Å². The van der Waals surface area contributed by atoms with E-state index >= 15 is 0 Å². The second kappa shape index (κ2) is 6.12. The smallest absolute Gasteiger partial charge is 0.0426 e. The van der Waals surface area contributed by atoms with Crippen molar-refractivity contribution in [1.82, 2.24) is 10.2 Å². The van der Waals surface area contributed by atoms with Crippen molar-refractivity contribution in [2.24, 2.45) is 0 Å². The summed E-state index contributed by atoms with van der Waals surface area (Å²) < 4.78 is 0. The van der Waals surface area contributed by atoms with E-state index < -0.39 is 0 Å². The summed E-state index contributed by atoms with van der Waals surface area (Å²) in [6.07, 6.45) is 2.68. The molecule has 1 aromatic rings. The topological polar surface area (TPSA) is 18.5 Å². The molecule has 0 radical (unpaired) electrons. The Morgan fingerprint density at radius 3 is 2.74 bits per heavy atom. The first kappa shape index (κ1) is 13.2. The number of rotatable bonds is 3. The van der Waals surface area contributed by atoms with E-state index in [1.807, 2.05) is 12.1 Å². The summed E-state index contributed by atoms with van der Waals surface area (Å²) in [7, 11) is 0. The van der Waals surface area contributed by atoms with Crippen LogP contribution in [0.5, 0.6) is 0 Å². The highest BCUT2D eigenvalue weighted by Gasteiger charge is 2.21. The van der Waals surface area contributed by atoms with E-state index in [-0.39, 0.29) is 0 Å². The van der Waals surface area contributed by atoms with Gasteiger partial charge >= 0.3 is 0 Å². The first-order valence-electron chi connectivity index (χ1n) is 7.27. The van der Waals surface area contributed by atoms with Crippen molar-refractivity contribution in [3.63, 3.8) is 0 Å². The fraction of sp³-hybridized carbons (Fsp3) is 0.600. The average Bonchev–Trinajstić information content (AvgIpc) is 2.92. The largest absolute Gasteiger partial charge is 0.369 e. The van der Waals surface area contributed by atoms with E-state index in [1.165, 1.54) is 31.6 Å². The van der Waals surface area contributed by atoms with Crippen LogP contribution in [0.15, 0.2) is 24.3 Å². The van der Waals surface area contributed by atoms with Crippen LogP contribution < -0.4 is 10.2 Å². The molecule has 0 unspecified atom stereocenters. The number of anilines is 1. The van der Waals surface area contributed by atoms with Crippen LogP contribution in [0.4, 0.5) is 5.69 Å². The predicted octanol–water partition coefficient (Wildman–Crippen LogP) is 2.21. The molecule has 0 saturated carbocycles. The van der Waals surface area contributed by atoms with Crippen LogP contribution in [0.3, 0.4) is 0 Å². The van der Waals surface area contributed by atoms with E-state index in [2.05, 4.69) is 27.2 Å². The van der Waals surface area contributed by atoms with Gasteiger partial charge in [0, 0.05) is 49.5 Å². The molecule has 0 amide bonds. The van der Waals surface area contributed by atoms with Crippen LogP contribution in [-0.2, 0) is 0 Å². The Bertz CT molecular complexity index is 410. The van der Waals surface area contributed by atoms with E-state index in [0.717, 1.165) is 37.2 Å². The van der Waals surface area contributed by atoms with Crippen molar-refractivity contribution in [2.45, 2.75) is 18.9 Å². The molecule has 2 fully saturated rings. The molecule has 0 aliphatic carbocycles. The fourth-order valence-electron chi connectivity index (χ4n) is 3.09. The predicted molar refractivity (Wildman–Crippen MR) is 81.1 cm³/mol. The van der Waals surface area contributed by atoms with Crippen LogP contribution in [0.25, 0.3) is 0 Å². The zero-order chi connectivity index (χ0) is 13.1. The molecular formula is C15H22ClN3. The lowest BCUT2D eigenvalue weighted by Crippen LogP contribution is -2.49. The highest BCUT2D eigenvalue weighted by atomic mass is 35.5. The van der Waals surface area contributed by atoms with Crippen LogP contribution >= 0.6 is 11.6 Å². The van der Waals surface area contributed by atoms with Gasteiger partial charge in [0.05, 0.1) is 0 Å². The maximum Gasteiger partial charge on any atom is 0.0426 e. The first-order valence-corrected chi connectivity index (χ1v) is 7.65. The number of nitrogens with one attached hydrogen (secondary N) is 1. The molecule has 19 heavy (non-hydrogen) atoms. The molecular weight excluding hydrogens is 258 g/mol. The number of hydrogen-bond donors (Lipinski definition) is 1. The number of hydrogen-bond acceptors (Lipinski definition) is 3. The van der Waals surface area contributed by atoms with E-state index in [0.29, 0.717) is 0 Å². The zero-order valence-corrected chi connectivity index (χ0v) is 12.1. The standard InChI is InChI=1S/C15H22ClN3/c16-13-3-1-5-15(11-13)19-9-7-18(8-10-19)12-14-4-2-6-17-14/h1,3,5,11,14,17H,2,4,6-10,12H2/t14-/m1/s1. The third kappa shape index (κ3) is 3.41. The lowest BCUT2D eigenvalue weighted by molar-refractivity contribution is 0.236. The Labute approximate surface area is 120 Å². The van der Waals surface area contributed by atoms with Gasteiger partial charge in [-0.15, -0.1) is 0 Å². The molecule has 1 N–H and O–H groups in total. The van der Waals surface area contributed by atoms with Crippen LogP contribution in [0.1, 0.15) is 12.8 Å². The molecule has 1 atom stereocenters. The summed E-state index contributed by atoms with van der Waals surface area (Å²) in [6.45, 7) is 6.94. The number of piperazine rings is 1. The molecule has 2 aliphatic heterocycles. The molecule has 2 aliphatic rings. The minimum Gasteiger partial charge on any atom is -0.369 e. The molecule has 0 bridgehead atoms. The van der Waals surface area contributed by atoms with Gasteiger partial charge in [0.1, 0.15) is 0 Å². The van der Waals surface area contributed by atoms with Crippen molar-refractivity contribution >= 4 is 17.3 Å². The molecule has 1 aromatic carbocycles. The monoisotopic (exact) mass is 279 g/mol. The lowest BCUT2D eigenvalue weighted by atomic mass is 10.2. The zero-order valence-electron chi connectivity index (χ0n) is 11.3. The first-order chi connectivity index (χ1) is 9.31. The van der Waals surface area contributed by atoms with Gasteiger partial charge in [-0.05, 0) is 37.6 Å². The van der Waals surface area contributed by atoms with Gasteiger partial charge in [-0.2, -0.15) is 0 Å². The van der Waals surface area contributed by atoms with Crippen LogP contribution in [0, 0.1) is 0 Å². The minimum absolute atomic E-state index is 0.720. The van der Waals surface area contributed by atoms with Crippen LogP contribution in [0.2, 0.25) is 5.02 Å². The highest BCUT2D eigenvalue weighted by molar-refractivity contribution is 6.30. The van der Waals surface area contributed by atoms with Gasteiger partial charge in [0.15, 0.2) is 0 Å². The number of benzene rings is 1. The van der Waals surface area contributed by atoms with Gasteiger partial charge in [-0.25, -0.2) is 0 Å².